The van der Waals surface area contributed by atoms with Crippen LogP contribution < -0.4 is 15.5 Å². The summed E-state index contributed by atoms with van der Waals surface area (Å²) in [5.74, 6) is -1.25. The minimum absolute atomic E-state index is 0.0311. The van der Waals surface area contributed by atoms with E-state index in [9.17, 15) is 19.2 Å². The Labute approximate surface area is 169 Å². The number of fused-ring (bicyclic) bond motifs is 1. The molecule has 2 rings (SSSR count). The first-order chi connectivity index (χ1) is 13.6. The van der Waals surface area contributed by atoms with Crippen LogP contribution in [0, 0.1) is 0 Å². The van der Waals surface area contributed by atoms with Crippen LogP contribution in [0.4, 0.5) is 16.2 Å². The fraction of sp³-hybridized carbons (Fsp3) is 0.500. The SMILES string of the molecule is C[C@@H]1CC(=O)Nc2ccccc2N1C(=O)COC(=O)CCNC(=O)OC(C)(C)C. The second kappa shape index (κ2) is 9.40. The number of alkyl carbamates (subject to hydrolysis) is 1. The van der Waals surface area contributed by atoms with Crippen LogP contribution in [0.5, 0.6) is 0 Å². The van der Waals surface area contributed by atoms with Crippen molar-refractivity contribution < 1.29 is 28.7 Å². The van der Waals surface area contributed by atoms with Crippen molar-refractivity contribution in [2.24, 2.45) is 0 Å². The van der Waals surface area contributed by atoms with Gasteiger partial charge in [0.2, 0.25) is 5.91 Å². The number of carbonyl (C=O) groups is 4. The number of nitrogens with zero attached hydrogens (tertiary/aromatic N) is 1. The lowest BCUT2D eigenvalue weighted by Gasteiger charge is -2.27. The molecule has 0 fully saturated rings. The molecule has 0 unspecified atom stereocenters. The Balaban J connectivity index is 1.87. The topological polar surface area (TPSA) is 114 Å². The Morgan fingerprint density at radius 3 is 2.62 bits per heavy atom. The summed E-state index contributed by atoms with van der Waals surface area (Å²) < 4.78 is 10.1. The van der Waals surface area contributed by atoms with E-state index in [1.807, 2.05) is 0 Å². The van der Waals surface area contributed by atoms with Gasteiger partial charge < -0.3 is 25.0 Å². The van der Waals surface area contributed by atoms with E-state index in [0.29, 0.717) is 11.4 Å². The van der Waals surface area contributed by atoms with Crippen LogP contribution in [0.25, 0.3) is 0 Å². The molecular formula is C20H27N3O6. The number of esters is 1. The lowest BCUT2D eigenvalue weighted by molar-refractivity contribution is -0.147. The standard InChI is InChI=1S/C20H27N3O6/c1-13-11-16(24)22-14-7-5-6-8-15(14)23(13)17(25)12-28-18(26)9-10-21-19(27)29-20(2,3)4/h5-8,13H,9-12H2,1-4H3,(H,21,27)(H,22,24)/t13-/m1/s1. The van der Waals surface area contributed by atoms with Crippen LogP contribution in [-0.4, -0.2) is 48.7 Å². The predicted molar refractivity (Wildman–Crippen MR) is 106 cm³/mol. The first-order valence-corrected chi connectivity index (χ1v) is 9.40. The highest BCUT2D eigenvalue weighted by atomic mass is 16.6. The quantitative estimate of drug-likeness (QED) is 0.726. The molecule has 0 radical (unpaired) electrons. The summed E-state index contributed by atoms with van der Waals surface area (Å²) in [5, 5.41) is 5.22. The third kappa shape index (κ3) is 6.78. The Hall–Kier alpha value is -3.10. The number of amides is 3. The molecule has 9 heteroatoms. The highest BCUT2D eigenvalue weighted by molar-refractivity contribution is 6.05. The smallest absolute Gasteiger partial charge is 0.407 e. The van der Waals surface area contributed by atoms with Gasteiger partial charge in [-0.2, -0.15) is 0 Å². The van der Waals surface area contributed by atoms with Crippen molar-refractivity contribution in [3.63, 3.8) is 0 Å². The molecule has 0 saturated heterocycles. The first kappa shape index (κ1) is 22.2. The summed E-state index contributed by atoms with van der Waals surface area (Å²) in [7, 11) is 0. The normalized spacial score (nSPS) is 16.2. The van der Waals surface area contributed by atoms with E-state index < -0.39 is 36.2 Å². The second-order valence-corrected chi connectivity index (χ2v) is 7.72. The van der Waals surface area contributed by atoms with Crippen molar-refractivity contribution in [3.8, 4) is 0 Å². The molecule has 0 aliphatic carbocycles. The van der Waals surface area contributed by atoms with Gasteiger partial charge in [-0.25, -0.2) is 4.79 Å². The van der Waals surface area contributed by atoms with Gasteiger partial charge in [0.1, 0.15) is 5.60 Å². The molecule has 1 aliphatic heterocycles. The van der Waals surface area contributed by atoms with Crippen LogP contribution in [-0.2, 0) is 23.9 Å². The minimum atomic E-state index is -0.632. The van der Waals surface area contributed by atoms with Gasteiger partial charge >= 0.3 is 12.1 Å². The average Bonchev–Trinajstić information content (AvgIpc) is 2.72. The van der Waals surface area contributed by atoms with E-state index >= 15 is 0 Å². The van der Waals surface area contributed by atoms with Gasteiger partial charge in [0.05, 0.1) is 17.8 Å². The zero-order valence-electron chi connectivity index (χ0n) is 17.1. The van der Waals surface area contributed by atoms with Gasteiger partial charge in [0.15, 0.2) is 6.61 Å². The summed E-state index contributed by atoms with van der Waals surface area (Å²) in [6.07, 6.45) is -0.596. The van der Waals surface area contributed by atoms with E-state index in [1.54, 1.807) is 52.0 Å². The van der Waals surface area contributed by atoms with E-state index in [2.05, 4.69) is 10.6 Å². The summed E-state index contributed by atoms with van der Waals surface area (Å²) in [5.41, 5.74) is 0.453. The van der Waals surface area contributed by atoms with Gasteiger partial charge in [-0.3, -0.25) is 14.4 Å². The summed E-state index contributed by atoms with van der Waals surface area (Å²) in [6, 6.07) is 6.56. The van der Waals surface area contributed by atoms with Crippen molar-refractivity contribution in [1.82, 2.24) is 5.32 Å². The van der Waals surface area contributed by atoms with E-state index in [-0.39, 0.29) is 25.3 Å². The number of anilines is 2. The Morgan fingerprint density at radius 2 is 1.93 bits per heavy atom. The number of carbonyl (C=O) groups excluding carboxylic acids is 4. The fourth-order valence-electron chi connectivity index (χ4n) is 2.83. The second-order valence-electron chi connectivity index (χ2n) is 7.72. The molecule has 0 saturated carbocycles. The van der Waals surface area contributed by atoms with Crippen LogP contribution in [0.2, 0.25) is 0 Å². The fourth-order valence-corrected chi connectivity index (χ4v) is 2.83. The molecule has 0 bridgehead atoms. The monoisotopic (exact) mass is 405 g/mol. The summed E-state index contributed by atoms with van der Waals surface area (Å²) in [6.45, 7) is 6.53. The largest absolute Gasteiger partial charge is 0.455 e. The molecule has 1 aromatic rings. The van der Waals surface area contributed by atoms with E-state index in [0.717, 1.165) is 0 Å². The number of hydrogen-bond donors (Lipinski definition) is 2. The van der Waals surface area contributed by atoms with Gasteiger partial charge in [-0.1, -0.05) is 12.1 Å². The van der Waals surface area contributed by atoms with E-state index in [1.165, 1.54) is 4.90 Å². The molecule has 3 amide bonds. The summed E-state index contributed by atoms with van der Waals surface area (Å²) in [4.78, 5) is 49.6. The maximum Gasteiger partial charge on any atom is 0.407 e. The number of hydrogen-bond acceptors (Lipinski definition) is 6. The third-order valence-corrected chi connectivity index (χ3v) is 3.98. The van der Waals surface area contributed by atoms with E-state index in [4.69, 9.17) is 9.47 Å². The van der Waals surface area contributed by atoms with Crippen molar-refractivity contribution >= 4 is 35.3 Å². The van der Waals surface area contributed by atoms with Gasteiger partial charge in [-0.05, 0) is 39.8 Å². The first-order valence-electron chi connectivity index (χ1n) is 9.40. The minimum Gasteiger partial charge on any atom is -0.455 e. The van der Waals surface area contributed by atoms with Gasteiger partial charge in [0, 0.05) is 19.0 Å². The molecule has 29 heavy (non-hydrogen) atoms. The van der Waals surface area contributed by atoms with Crippen molar-refractivity contribution in [3.05, 3.63) is 24.3 Å². The summed E-state index contributed by atoms with van der Waals surface area (Å²) >= 11 is 0. The van der Waals surface area contributed by atoms with Gasteiger partial charge in [0.25, 0.3) is 5.91 Å². The van der Waals surface area contributed by atoms with Crippen LogP contribution in [0.1, 0.15) is 40.5 Å². The van der Waals surface area contributed by atoms with Gasteiger partial charge in [-0.15, -0.1) is 0 Å². The maximum atomic E-state index is 12.7. The Morgan fingerprint density at radius 1 is 1.24 bits per heavy atom. The Kier molecular flexibility index (Phi) is 7.19. The number of nitrogens with one attached hydrogen (secondary N) is 2. The zero-order chi connectivity index (χ0) is 21.6. The van der Waals surface area contributed by atoms with Crippen molar-refractivity contribution in [2.45, 2.75) is 52.2 Å². The van der Waals surface area contributed by atoms with Crippen LogP contribution in [0.3, 0.4) is 0 Å². The molecule has 1 aromatic carbocycles. The molecule has 2 N–H and O–H groups in total. The highest BCUT2D eigenvalue weighted by Crippen LogP contribution is 2.31. The zero-order valence-corrected chi connectivity index (χ0v) is 17.1. The van der Waals surface area contributed by atoms with Crippen molar-refractivity contribution in [2.75, 3.05) is 23.4 Å². The average molecular weight is 405 g/mol. The molecule has 1 aliphatic rings. The van der Waals surface area contributed by atoms with Crippen molar-refractivity contribution in [1.29, 1.82) is 0 Å². The molecule has 0 spiro atoms. The lowest BCUT2D eigenvalue weighted by Crippen LogP contribution is -2.41. The predicted octanol–water partition coefficient (Wildman–Crippen LogP) is 2.21. The number of rotatable bonds is 5. The van der Waals surface area contributed by atoms with Crippen LogP contribution in [0.15, 0.2) is 24.3 Å². The maximum absolute atomic E-state index is 12.7. The molecule has 158 valence electrons. The molecule has 1 atom stereocenters. The molecule has 9 nitrogen and oxygen atoms in total. The molecule has 1 heterocycles. The number of benzene rings is 1. The molecule has 0 aromatic heterocycles. The Bertz CT molecular complexity index is 787. The number of para-hydroxylation sites is 2. The van der Waals surface area contributed by atoms with Crippen LogP contribution >= 0.6 is 0 Å². The lowest BCUT2D eigenvalue weighted by atomic mass is 10.1. The highest BCUT2D eigenvalue weighted by Gasteiger charge is 2.30. The third-order valence-electron chi connectivity index (χ3n) is 3.98. The molecular weight excluding hydrogens is 378 g/mol. The number of ether oxygens (including phenoxy) is 2.